The number of hydrogen-bond donors (Lipinski definition) is 2. The van der Waals surface area contributed by atoms with E-state index in [1.54, 1.807) is 12.0 Å². The van der Waals surface area contributed by atoms with E-state index in [9.17, 15) is 9.59 Å². The zero-order valence-electron chi connectivity index (χ0n) is 16.8. The number of anilines is 1. The summed E-state index contributed by atoms with van der Waals surface area (Å²) in [6.07, 6.45) is 0.253. The summed E-state index contributed by atoms with van der Waals surface area (Å²) in [5.74, 6) is -0.0737. The molecule has 2 N–H and O–H groups in total. The average molecular weight is 383 g/mol. The Morgan fingerprint density at radius 3 is 2.43 bits per heavy atom. The molecule has 0 saturated carbocycles. The molecular weight excluding hydrogens is 354 g/mol. The molecule has 0 radical (unpaired) electrons. The number of rotatable bonds is 9. The maximum absolute atomic E-state index is 12.8. The van der Waals surface area contributed by atoms with Crippen LogP contribution in [0.4, 0.5) is 10.5 Å². The maximum Gasteiger partial charge on any atom is 0.322 e. The van der Waals surface area contributed by atoms with E-state index in [1.807, 2.05) is 68.4 Å². The molecule has 2 aromatic rings. The zero-order valence-corrected chi connectivity index (χ0v) is 16.8. The Morgan fingerprint density at radius 1 is 1.04 bits per heavy atom. The molecule has 0 saturated heterocycles. The summed E-state index contributed by atoms with van der Waals surface area (Å²) in [6.45, 7) is 5.26. The van der Waals surface area contributed by atoms with E-state index < -0.39 is 0 Å². The van der Waals surface area contributed by atoms with E-state index in [0.29, 0.717) is 19.7 Å². The van der Waals surface area contributed by atoms with Gasteiger partial charge < -0.3 is 15.4 Å². The Kier molecular flexibility index (Phi) is 8.49. The highest BCUT2D eigenvalue weighted by Crippen LogP contribution is 2.20. The lowest BCUT2D eigenvalue weighted by Crippen LogP contribution is -2.42. The quantitative estimate of drug-likeness (QED) is 0.654. The minimum atomic E-state index is -0.166. The predicted molar refractivity (Wildman–Crippen MR) is 111 cm³/mol. The van der Waals surface area contributed by atoms with Crippen molar-refractivity contribution in [1.29, 1.82) is 0 Å². The Hall–Kier alpha value is -2.86. The van der Waals surface area contributed by atoms with Crippen molar-refractivity contribution in [2.75, 3.05) is 25.2 Å². The molecule has 0 bridgehead atoms. The van der Waals surface area contributed by atoms with E-state index in [-0.39, 0.29) is 24.4 Å². The van der Waals surface area contributed by atoms with E-state index in [4.69, 9.17) is 4.74 Å². The Bertz CT molecular complexity index is 763. The first-order chi connectivity index (χ1) is 13.5. The number of benzene rings is 2. The fourth-order valence-electron chi connectivity index (χ4n) is 2.75. The molecule has 28 heavy (non-hydrogen) atoms. The van der Waals surface area contributed by atoms with Crippen molar-refractivity contribution in [2.24, 2.45) is 0 Å². The van der Waals surface area contributed by atoms with Gasteiger partial charge in [0.2, 0.25) is 5.91 Å². The van der Waals surface area contributed by atoms with Crippen molar-refractivity contribution in [3.63, 3.8) is 0 Å². The molecule has 0 unspecified atom stereocenters. The molecule has 6 nitrogen and oxygen atoms in total. The van der Waals surface area contributed by atoms with Crippen molar-refractivity contribution >= 4 is 17.6 Å². The second kappa shape index (κ2) is 11.1. The minimum Gasteiger partial charge on any atom is -0.383 e. The molecule has 0 spiro atoms. The van der Waals surface area contributed by atoms with Crippen LogP contribution in [0.1, 0.15) is 25.0 Å². The van der Waals surface area contributed by atoms with Crippen molar-refractivity contribution in [3.8, 4) is 0 Å². The summed E-state index contributed by atoms with van der Waals surface area (Å²) in [7, 11) is 1.60. The molecule has 6 heteroatoms. The van der Waals surface area contributed by atoms with E-state index in [1.165, 1.54) is 0 Å². The van der Waals surface area contributed by atoms with Crippen LogP contribution < -0.4 is 15.5 Å². The molecule has 2 aromatic carbocycles. The summed E-state index contributed by atoms with van der Waals surface area (Å²) in [4.78, 5) is 26.6. The van der Waals surface area contributed by atoms with Crippen LogP contribution >= 0.6 is 0 Å². The number of carbonyl (C=O) groups excluding carboxylic acids is 2. The standard InChI is InChI=1S/C22H29N3O3/c1-17(2)24-22(27)25(16-18-8-5-4-6-9-18)20-11-7-10-19(14-20)15-21(26)23-12-13-28-3/h4-11,14,17H,12-13,15-16H2,1-3H3,(H,23,26)(H,24,27). The molecule has 0 aliphatic rings. The van der Waals surface area contributed by atoms with Gasteiger partial charge in [0.05, 0.1) is 19.6 Å². The van der Waals surface area contributed by atoms with Crippen LogP contribution in [0.3, 0.4) is 0 Å². The first kappa shape index (κ1) is 21.4. The highest BCUT2D eigenvalue weighted by atomic mass is 16.5. The van der Waals surface area contributed by atoms with Crippen LogP contribution in [-0.4, -0.2) is 38.2 Å². The number of nitrogens with zero attached hydrogens (tertiary/aromatic N) is 1. The van der Waals surface area contributed by atoms with Gasteiger partial charge in [0.15, 0.2) is 0 Å². The van der Waals surface area contributed by atoms with Gasteiger partial charge in [0, 0.05) is 25.4 Å². The molecule has 3 amide bonds. The normalized spacial score (nSPS) is 10.6. The lowest BCUT2D eigenvalue weighted by atomic mass is 10.1. The number of amides is 3. The van der Waals surface area contributed by atoms with Crippen molar-refractivity contribution in [1.82, 2.24) is 10.6 Å². The lowest BCUT2D eigenvalue weighted by Gasteiger charge is -2.25. The van der Waals surface area contributed by atoms with Crippen LogP contribution in [0, 0.1) is 0 Å². The van der Waals surface area contributed by atoms with E-state index >= 15 is 0 Å². The van der Waals surface area contributed by atoms with Crippen molar-refractivity contribution in [2.45, 2.75) is 32.9 Å². The molecule has 0 fully saturated rings. The predicted octanol–water partition coefficient (Wildman–Crippen LogP) is 3.12. The van der Waals surface area contributed by atoms with E-state index in [2.05, 4.69) is 10.6 Å². The Labute approximate surface area is 166 Å². The molecule has 150 valence electrons. The molecule has 0 heterocycles. The van der Waals surface area contributed by atoms with Gasteiger partial charge in [-0.05, 0) is 37.1 Å². The maximum atomic E-state index is 12.8. The third kappa shape index (κ3) is 7.04. The van der Waals surface area contributed by atoms with Crippen molar-refractivity contribution < 1.29 is 14.3 Å². The second-order valence-corrected chi connectivity index (χ2v) is 6.87. The van der Waals surface area contributed by atoms with Gasteiger partial charge in [0.25, 0.3) is 0 Å². The first-order valence-electron chi connectivity index (χ1n) is 9.46. The topological polar surface area (TPSA) is 70.7 Å². The third-order valence-electron chi connectivity index (χ3n) is 4.06. The highest BCUT2D eigenvalue weighted by Gasteiger charge is 2.17. The van der Waals surface area contributed by atoms with Gasteiger partial charge >= 0.3 is 6.03 Å². The molecule has 0 aliphatic carbocycles. The first-order valence-corrected chi connectivity index (χ1v) is 9.46. The highest BCUT2D eigenvalue weighted by molar-refractivity contribution is 5.92. The summed E-state index contributed by atoms with van der Waals surface area (Å²) in [5, 5.41) is 5.76. The molecule has 0 aliphatic heterocycles. The monoisotopic (exact) mass is 383 g/mol. The molecule has 0 atom stereocenters. The second-order valence-electron chi connectivity index (χ2n) is 6.87. The summed E-state index contributed by atoms with van der Waals surface area (Å²) in [6, 6.07) is 17.2. The van der Waals surface area contributed by atoms with Gasteiger partial charge in [0.1, 0.15) is 0 Å². The Morgan fingerprint density at radius 2 is 1.75 bits per heavy atom. The number of nitrogens with one attached hydrogen (secondary N) is 2. The van der Waals surface area contributed by atoms with Crippen LogP contribution in [-0.2, 0) is 22.5 Å². The lowest BCUT2D eigenvalue weighted by molar-refractivity contribution is -0.120. The third-order valence-corrected chi connectivity index (χ3v) is 4.06. The van der Waals surface area contributed by atoms with Crippen molar-refractivity contribution in [3.05, 3.63) is 65.7 Å². The largest absolute Gasteiger partial charge is 0.383 e. The molecular formula is C22H29N3O3. The van der Waals surface area contributed by atoms with Crippen LogP contribution in [0.25, 0.3) is 0 Å². The number of ether oxygens (including phenoxy) is 1. The number of hydrogen-bond acceptors (Lipinski definition) is 3. The smallest absolute Gasteiger partial charge is 0.322 e. The van der Waals surface area contributed by atoms with Crippen LogP contribution in [0.2, 0.25) is 0 Å². The Balaban J connectivity index is 2.17. The van der Waals surface area contributed by atoms with Gasteiger partial charge in [-0.1, -0.05) is 42.5 Å². The van der Waals surface area contributed by atoms with Gasteiger partial charge in [-0.3, -0.25) is 9.69 Å². The number of carbonyl (C=O) groups is 2. The van der Waals surface area contributed by atoms with E-state index in [0.717, 1.165) is 16.8 Å². The fourth-order valence-corrected chi connectivity index (χ4v) is 2.75. The van der Waals surface area contributed by atoms with Crippen LogP contribution in [0.5, 0.6) is 0 Å². The number of urea groups is 1. The fraction of sp³-hybridized carbons (Fsp3) is 0.364. The minimum absolute atomic E-state index is 0.0283. The zero-order chi connectivity index (χ0) is 20.4. The summed E-state index contributed by atoms with van der Waals surface area (Å²) >= 11 is 0. The van der Waals surface area contributed by atoms with Gasteiger partial charge in [-0.2, -0.15) is 0 Å². The van der Waals surface area contributed by atoms with Crippen LogP contribution in [0.15, 0.2) is 54.6 Å². The van der Waals surface area contributed by atoms with Gasteiger partial charge in [-0.15, -0.1) is 0 Å². The number of methoxy groups -OCH3 is 1. The molecule has 2 rings (SSSR count). The summed E-state index contributed by atoms with van der Waals surface area (Å²) < 4.78 is 4.94. The van der Waals surface area contributed by atoms with Gasteiger partial charge in [-0.25, -0.2) is 4.79 Å². The molecule has 0 aromatic heterocycles. The summed E-state index contributed by atoms with van der Waals surface area (Å²) in [5.41, 5.74) is 2.64. The SMILES string of the molecule is COCCNC(=O)Cc1cccc(N(Cc2ccccc2)C(=O)NC(C)C)c1. The average Bonchev–Trinajstić information content (AvgIpc) is 2.66.